The maximum Gasteiger partial charge on any atom is 0.217 e. The predicted octanol–water partition coefficient (Wildman–Crippen LogP) is 2.98. The normalized spacial score (nSPS) is 29.6. The molecular weight excluding hydrogens is 406 g/mol. The number of hydrogen-bond donors (Lipinski definition) is 3. The van der Waals surface area contributed by atoms with Crippen molar-refractivity contribution < 1.29 is 28.6 Å². The molecule has 0 radical (unpaired) electrons. The Morgan fingerprint density at radius 3 is 1.90 bits per heavy atom. The topological polar surface area (TPSA) is 97.3 Å². The summed E-state index contributed by atoms with van der Waals surface area (Å²) in [6.07, 6.45) is -3.84. The van der Waals surface area contributed by atoms with Crippen LogP contribution in [0.15, 0.2) is 0 Å². The Labute approximate surface area is 178 Å². The summed E-state index contributed by atoms with van der Waals surface area (Å²) < 4.78 is 18.4. The number of aliphatic hydroxyl groups is 2. The van der Waals surface area contributed by atoms with Crippen LogP contribution in [-0.4, -0.2) is 70.0 Å². The van der Waals surface area contributed by atoms with Gasteiger partial charge in [0.05, 0.1) is 12.7 Å². The van der Waals surface area contributed by atoms with Gasteiger partial charge in [0, 0.05) is 6.92 Å². The molecule has 5 atom stereocenters. The summed E-state index contributed by atoms with van der Waals surface area (Å²) in [5, 5.41) is 24.3. The maximum atomic E-state index is 11.7. The smallest absolute Gasteiger partial charge is 0.217 e. The van der Waals surface area contributed by atoms with Crippen molar-refractivity contribution >= 4 is 22.5 Å². The number of nitrogens with one attached hydrogen (secondary N) is 1. The van der Waals surface area contributed by atoms with E-state index in [9.17, 15) is 15.0 Å². The average Bonchev–Trinajstić information content (AvgIpc) is 2.50. The number of amides is 1. The van der Waals surface area contributed by atoms with E-state index < -0.39 is 47.3 Å². The summed E-state index contributed by atoms with van der Waals surface area (Å²) in [6, 6.07) is -0.847. The minimum atomic E-state index is -2.29. The van der Waals surface area contributed by atoms with Gasteiger partial charge >= 0.3 is 0 Å². The minimum Gasteiger partial charge on any atom is -0.414 e. The van der Waals surface area contributed by atoms with Gasteiger partial charge in [-0.2, -0.15) is 0 Å². The highest BCUT2D eigenvalue weighted by atomic mass is 28.4. The SMILES string of the molecule is CC(=O)N[C@@H]1[C@@H](O[Si](C)(C)C(C)(C)C)[C@H](O)[C@@H](CO[Si](C)(C)C(C)(C)C)O[C@@H]1O. The molecule has 0 aromatic heterocycles. The molecule has 1 aliphatic heterocycles. The number of rotatable bonds is 6. The molecule has 0 aromatic carbocycles. The van der Waals surface area contributed by atoms with Crippen LogP contribution >= 0.6 is 0 Å². The molecule has 9 heteroatoms. The monoisotopic (exact) mass is 449 g/mol. The number of aliphatic hydroxyl groups excluding tert-OH is 2. The molecule has 0 aromatic rings. The van der Waals surface area contributed by atoms with Crippen LogP contribution in [0.1, 0.15) is 48.5 Å². The second-order valence-electron chi connectivity index (χ2n) is 11.2. The molecule has 0 spiro atoms. The quantitative estimate of drug-likeness (QED) is 0.539. The first-order valence-electron chi connectivity index (χ1n) is 10.4. The van der Waals surface area contributed by atoms with Gasteiger partial charge in [-0.15, -0.1) is 0 Å². The van der Waals surface area contributed by atoms with E-state index in [1.165, 1.54) is 6.92 Å². The Balaban J connectivity index is 3.10. The van der Waals surface area contributed by atoms with Crippen molar-refractivity contribution in [1.29, 1.82) is 0 Å². The lowest BCUT2D eigenvalue weighted by molar-refractivity contribution is -0.250. The number of carbonyl (C=O) groups is 1. The van der Waals surface area contributed by atoms with Gasteiger partial charge in [0.15, 0.2) is 22.9 Å². The molecule has 1 amide bonds. The zero-order valence-corrected chi connectivity index (χ0v) is 22.1. The summed E-state index contributed by atoms with van der Waals surface area (Å²) in [7, 11) is -4.34. The summed E-state index contributed by atoms with van der Waals surface area (Å²) in [4.78, 5) is 11.7. The van der Waals surface area contributed by atoms with Crippen LogP contribution in [0.4, 0.5) is 0 Å². The molecule has 7 nitrogen and oxygen atoms in total. The Kier molecular flexibility index (Phi) is 8.35. The van der Waals surface area contributed by atoms with Gasteiger partial charge in [0.25, 0.3) is 0 Å². The highest BCUT2D eigenvalue weighted by Gasteiger charge is 2.51. The van der Waals surface area contributed by atoms with Gasteiger partial charge in [-0.25, -0.2) is 0 Å². The average molecular weight is 450 g/mol. The van der Waals surface area contributed by atoms with Crippen LogP contribution in [-0.2, 0) is 18.4 Å². The van der Waals surface area contributed by atoms with Gasteiger partial charge in [-0.1, -0.05) is 41.5 Å². The fourth-order valence-corrected chi connectivity index (χ4v) is 4.96. The van der Waals surface area contributed by atoms with E-state index in [0.29, 0.717) is 0 Å². The predicted molar refractivity (Wildman–Crippen MR) is 120 cm³/mol. The molecule has 0 aliphatic carbocycles. The van der Waals surface area contributed by atoms with Crippen molar-refractivity contribution in [3.05, 3.63) is 0 Å². The van der Waals surface area contributed by atoms with Crippen molar-refractivity contribution in [3.63, 3.8) is 0 Å². The summed E-state index contributed by atoms with van der Waals surface area (Å²) >= 11 is 0. The van der Waals surface area contributed by atoms with Crippen molar-refractivity contribution in [2.45, 2.75) is 115 Å². The molecule has 3 N–H and O–H groups in total. The first kappa shape index (κ1) is 26.7. The van der Waals surface area contributed by atoms with Crippen LogP contribution in [0, 0.1) is 0 Å². The molecule has 1 aliphatic rings. The van der Waals surface area contributed by atoms with E-state index >= 15 is 0 Å². The zero-order valence-electron chi connectivity index (χ0n) is 20.1. The number of carbonyl (C=O) groups excluding carboxylic acids is 1. The Hall–Kier alpha value is -0.296. The van der Waals surface area contributed by atoms with Crippen LogP contribution in [0.3, 0.4) is 0 Å². The summed E-state index contributed by atoms with van der Waals surface area (Å²) in [5.74, 6) is -0.315. The van der Waals surface area contributed by atoms with Crippen LogP contribution in [0.5, 0.6) is 0 Å². The number of ether oxygens (including phenoxy) is 1. The molecule has 1 heterocycles. The minimum absolute atomic E-state index is 0.0149. The molecule has 1 saturated heterocycles. The van der Waals surface area contributed by atoms with Gasteiger partial charge in [0.1, 0.15) is 18.2 Å². The van der Waals surface area contributed by atoms with E-state index in [2.05, 4.69) is 73.0 Å². The van der Waals surface area contributed by atoms with Gasteiger partial charge in [-0.3, -0.25) is 4.79 Å². The van der Waals surface area contributed by atoms with Crippen molar-refractivity contribution in [1.82, 2.24) is 5.32 Å². The largest absolute Gasteiger partial charge is 0.414 e. The Morgan fingerprint density at radius 2 is 1.48 bits per heavy atom. The highest BCUT2D eigenvalue weighted by Crippen LogP contribution is 2.40. The third-order valence-corrected chi connectivity index (χ3v) is 15.7. The summed E-state index contributed by atoms with van der Waals surface area (Å²) in [6.45, 7) is 22.7. The molecule has 0 bridgehead atoms. The highest BCUT2D eigenvalue weighted by molar-refractivity contribution is 6.74. The van der Waals surface area contributed by atoms with E-state index in [1.54, 1.807) is 0 Å². The molecule has 1 rings (SSSR count). The lowest BCUT2D eigenvalue weighted by atomic mass is 9.97. The Bertz CT molecular complexity index is 570. The molecule has 0 saturated carbocycles. The molecule has 1 fully saturated rings. The van der Waals surface area contributed by atoms with Crippen LogP contribution < -0.4 is 5.32 Å². The van der Waals surface area contributed by atoms with Gasteiger partial charge in [0.2, 0.25) is 5.91 Å². The first-order chi connectivity index (χ1) is 12.8. The van der Waals surface area contributed by atoms with Gasteiger partial charge in [-0.05, 0) is 36.3 Å². The second kappa shape index (κ2) is 9.06. The van der Waals surface area contributed by atoms with E-state index in [1.807, 2.05) is 0 Å². The van der Waals surface area contributed by atoms with Crippen LogP contribution in [0.2, 0.25) is 36.3 Å². The first-order valence-corrected chi connectivity index (χ1v) is 16.2. The molecule has 172 valence electrons. The van der Waals surface area contributed by atoms with Crippen LogP contribution in [0.25, 0.3) is 0 Å². The number of hydrogen-bond acceptors (Lipinski definition) is 6. The molecular formula is C20H43NO6Si2. The third kappa shape index (κ3) is 6.59. The van der Waals surface area contributed by atoms with E-state index in [0.717, 1.165) is 0 Å². The fourth-order valence-electron chi connectivity index (χ4n) is 2.62. The van der Waals surface area contributed by atoms with Crippen molar-refractivity contribution in [2.75, 3.05) is 6.61 Å². The second-order valence-corrected chi connectivity index (χ2v) is 20.8. The molecule has 29 heavy (non-hydrogen) atoms. The molecule has 0 unspecified atom stereocenters. The summed E-state index contributed by atoms with van der Waals surface area (Å²) in [5.41, 5.74) is 0. The fraction of sp³-hybridized carbons (Fsp3) is 0.950. The Morgan fingerprint density at radius 1 is 1.00 bits per heavy atom. The lowest BCUT2D eigenvalue weighted by Crippen LogP contribution is -2.67. The maximum absolute atomic E-state index is 11.7. The van der Waals surface area contributed by atoms with E-state index in [4.69, 9.17) is 13.6 Å². The lowest BCUT2D eigenvalue weighted by Gasteiger charge is -2.48. The standard InChI is InChI=1S/C20H43NO6Si2/c1-13(22)21-15-17(27-29(10,11)20(5,6)7)16(23)14(26-18(15)24)12-25-28(8,9)19(2,3)4/h14-18,23-24H,12H2,1-11H3,(H,21,22)/t14-,15-,16-,17-,18+/m1/s1. The van der Waals surface area contributed by atoms with Gasteiger partial charge < -0.3 is 29.1 Å². The zero-order chi connectivity index (χ0) is 23.0. The van der Waals surface area contributed by atoms with Crippen molar-refractivity contribution in [3.8, 4) is 0 Å². The van der Waals surface area contributed by atoms with E-state index in [-0.39, 0.29) is 22.6 Å². The third-order valence-electron chi connectivity index (χ3n) is 6.71. The van der Waals surface area contributed by atoms with Crippen molar-refractivity contribution in [2.24, 2.45) is 0 Å².